The van der Waals surface area contributed by atoms with E-state index >= 15 is 0 Å². The second-order valence-corrected chi connectivity index (χ2v) is 1.87. The summed E-state index contributed by atoms with van der Waals surface area (Å²) < 4.78 is 4.29. The number of carbonyl (C=O) groups excluding carboxylic acids is 2. The lowest BCUT2D eigenvalue weighted by molar-refractivity contribution is -0.134. The van der Waals surface area contributed by atoms with Gasteiger partial charge < -0.3 is 9.84 Å². The van der Waals surface area contributed by atoms with Gasteiger partial charge in [0.2, 0.25) is 0 Å². The molecule has 4 heteroatoms. The van der Waals surface area contributed by atoms with Crippen LogP contribution in [0.5, 0.6) is 0 Å². The molecule has 0 rings (SSSR count). The minimum atomic E-state index is -0.525. The SMILES string of the molecule is COC(=O)/C=C/C=C/C(=O)CO. The Kier molecular flexibility index (Phi) is 5.55. The van der Waals surface area contributed by atoms with Gasteiger partial charge in [0.15, 0.2) is 5.78 Å². The maximum atomic E-state index is 10.4. The van der Waals surface area contributed by atoms with Gasteiger partial charge in [0.25, 0.3) is 0 Å². The maximum absolute atomic E-state index is 10.4. The summed E-state index contributed by atoms with van der Waals surface area (Å²) in [5, 5.41) is 8.27. The highest BCUT2D eigenvalue weighted by Crippen LogP contribution is 1.81. The summed E-state index contributed by atoms with van der Waals surface area (Å²) >= 11 is 0. The van der Waals surface area contributed by atoms with E-state index in [1.165, 1.54) is 31.4 Å². The summed E-state index contributed by atoms with van der Waals surface area (Å²) in [5.74, 6) is -0.902. The van der Waals surface area contributed by atoms with E-state index in [2.05, 4.69) is 4.74 Å². The molecule has 4 nitrogen and oxygen atoms in total. The minimum absolute atomic E-state index is 0.412. The van der Waals surface area contributed by atoms with E-state index < -0.39 is 18.4 Å². The summed E-state index contributed by atoms with van der Waals surface area (Å²) in [6.45, 7) is -0.525. The van der Waals surface area contributed by atoms with Gasteiger partial charge in [-0.05, 0) is 6.08 Å². The van der Waals surface area contributed by atoms with Crippen molar-refractivity contribution in [3.05, 3.63) is 24.3 Å². The Hall–Kier alpha value is -1.42. The number of carbonyl (C=O) groups is 2. The number of ketones is 1. The molecule has 0 aromatic carbocycles. The zero-order valence-corrected chi connectivity index (χ0v) is 6.69. The molecule has 0 fully saturated rings. The number of hydrogen-bond donors (Lipinski definition) is 1. The molecule has 0 radical (unpaired) electrons. The first-order valence-corrected chi connectivity index (χ1v) is 3.27. The van der Waals surface area contributed by atoms with Crippen molar-refractivity contribution in [2.24, 2.45) is 0 Å². The minimum Gasteiger partial charge on any atom is -0.466 e. The second kappa shape index (κ2) is 6.30. The van der Waals surface area contributed by atoms with Gasteiger partial charge in [-0.3, -0.25) is 4.79 Å². The fourth-order valence-corrected chi connectivity index (χ4v) is 0.418. The van der Waals surface area contributed by atoms with Gasteiger partial charge >= 0.3 is 5.97 Å². The number of rotatable bonds is 4. The van der Waals surface area contributed by atoms with Gasteiger partial charge in [-0.25, -0.2) is 4.79 Å². The zero-order chi connectivity index (χ0) is 9.40. The van der Waals surface area contributed by atoms with Crippen molar-refractivity contribution >= 4 is 11.8 Å². The first kappa shape index (κ1) is 10.6. The van der Waals surface area contributed by atoms with Crippen molar-refractivity contribution in [3.63, 3.8) is 0 Å². The monoisotopic (exact) mass is 170 g/mol. The Morgan fingerprint density at radius 3 is 2.42 bits per heavy atom. The smallest absolute Gasteiger partial charge is 0.330 e. The Morgan fingerprint density at radius 2 is 1.92 bits per heavy atom. The van der Waals surface area contributed by atoms with Crippen LogP contribution in [-0.2, 0) is 14.3 Å². The van der Waals surface area contributed by atoms with E-state index in [1.807, 2.05) is 0 Å². The molecule has 0 aliphatic heterocycles. The molecule has 0 atom stereocenters. The molecule has 0 bridgehead atoms. The van der Waals surface area contributed by atoms with Crippen LogP contribution >= 0.6 is 0 Å². The van der Waals surface area contributed by atoms with Crippen molar-refractivity contribution in [2.45, 2.75) is 0 Å². The zero-order valence-electron chi connectivity index (χ0n) is 6.69. The van der Waals surface area contributed by atoms with E-state index in [4.69, 9.17) is 5.11 Å². The summed E-state index contributed by atoms with van der Waals surface area (Å²) in [5.41, 5.74) is 0. The molecule has 0 aliphatic carbocycles. The highest BCUT2D eigenvalue weighted by Gasteiger charge is 1.89. The first-order valence-electron chi connectivity index (χ1n) is 3.27. The highest BCUT2D eigenvalue weighted by molar-refractivity contribution is 5.91. The van der Waals surface area contributed by atoms with E-state index in [0.717, 1.165) is 0 Å². The lowest BCUT2D eigenvalue weighted by Crippen LogP contribution is -1.97. The number of ether oxygens (including phenoxy) is 1. The standard InChI is InChI=1S/C8H10O4/c1-12-8(11)5-3-2-4-7(10)6-9/h2-5,9H,6H2,1H3/b4-2+,5-3+. The lowest BCUT2D eigenvalue weighted by Gasteiger charge is -1.86. The molecule has 0 heterocycles. The van der Waals surface area contributed by atoms with Gasteiger partial charge in [-0.1, -0.05) is 12.2 Å². The number of allylic oxidation sites excluding steroid dienone is 2. The van der Waals surface area contributed by atoms with Gasteiger partial charge in [0.1, 0.15) is 6.61 Å². The summed E-state index contributed by atoms with van der Waals surface area (Å²) in [6.07, 6.45) is 5.05. The van der Waals surface area contributed by atoms with Crippen LogP contribution in [-0.4, -0.2) is 30.6 Å². The molecule has 0 amide bonds. The van der Waals surface area contributed by atoms with Crippen molar-refractivity contribution in [3.8, 4) is 0 Å². The Labute approximate surface area is 70.1 Å². The third-order valence-corrected chi connectivity index (χ3v) is 0.983. The summed E-state index contributed by atoms with van der Waals surface area (Å²) in [7, 11) is 1.26. The maximum Gasteiger partial charge on any atom is 0.330 e. The Morgan fingerprint density at radius 1 is 1.33 bits per heavy atom. The molecule has 0 unspecified atom stereocenters. The van der Waals surface area contributed by atoms with Crippen molar-refractivity contribution in [1.29, 1.82) is 0 Å². The van der Waals surface area contributed by atoms with Crippen LogP contribution in [0.2, 0.25) is 0 Å². The second-order valence-electron chi connectivity index (χ2n) is 1.87. The molecule has 0 aliphatic rings. The van der Waals surface area contributed by atoms with Crippen LogP contribution in [0, 0.1) is 0 Å². The summed E-state index contributed by atoms with van der Waals surface area (Å²) in [6, 6.07) is 0. The number of methoxy groups -OCH3 is 1. The lowest BCUT2D eigenvalue weighted by atomic mass is 10.3. The van der Waals surface area contributed by atoms with E-state index in [0.29, 0.717) is 0 Å². The van der Waals surface area contributed by atoms with Crippen molar-refractivity contribution in [1.82, 2.24) is 0 Å². The highest BCUT2D eigenvalue weighted by atomic mass is 16.5. The van der Waals surface area contributed by atoms with Crippen molar-refractivity contribution < 1.29 is 19.4 Å². The predicted molar refractivity (Wildman–Crippen MR) is 42.4 cm³/mol. The molecule has 12 heavy (non-hydrogen) atoms. The average molecular weight is 170 g/mol. The molecule has 0 aromatic rings. The Balaban J connectivity index is 3.81. The molecule has 0 saturated heterocycles. The summed E-state index contributed by atoms with van der Waals surface area (Å²) in [4.78, 5) is 20.9. The van der Waals surface area contributed by atoms with Gasteiger partial charge in [0.05, 0.1) is 7.11 Å². The van der Waals surface area contributed by atoms with Crippen molar-refractivity contribution in [2.75, 3.05) is 13.7 Å². The molecule has 1 N–H and O–H groups in total. The van der Waals surface area contributed by atoms with Crippen LogP contribution in [0.15, 0.2) is 24.3 Å². The van der Waals surface area contributed by atoms with Crippen LogP contribution < -0.4 is 0 Å². The average Bonchev–Trinajstić information content (AvgIpc) is 2.11. The van der Waals surface area contributed by atoms with Crippen LogP contribution in [0.25, 0.3) is 0 Å². The van der Waals surface area contributed by atoms with Crippen LogP contribution in [0.4, 0.5) is 0 Å². The number of esters is 1. The fourth-order valence-electron chi connectivity index (χ4n) is 0.418. The molecule has 66 valence electrons. The van der Waals surface area contributed by atoms with Gasteiger partial charge in [-0.15, -0.1) is 0 Å². The first-order chi connectivity index (χ1) is 5.70. The molecule has 0 spiro atoms. The molecular weight excluding hydrogens is 160 g/mol. The van der Waals surface area contributed by atoms with E-state index in [-0.39, 0.29) is 0 Å². The molecule has 0 aromatic heterocycles. The Bertz CT molecular complexity index is 191. The quantitative estimate of drug-likeness (QED) is 0.361. The number of aliphatic hydroxyl groups is 1. The predicted octanol–water partition coefficient (Wildman–Crippen LogP) is -0.167. The van der Waals surface area contributed by atoms with Gasteiger partial charge in [-0.2, -0.15) is 0 Å². The number of hydrogen-bond acceptors (Lipinski definition) is 4. The fraction of sp³-hybridized carbons (Fsp3) is 0.250. The molecule has 0 saturated carbocycles. The third kappa shape index (κ3) is 5.37. The number of aliphatic hydroxyl groups excluding tert-OH is 1. The topological polar surface area (TPSA) is 63.6 Å². The van der Waals surface area contributed by atoms with Gasteiger partial charge in [0, 0.05) is 6.08 Å². The third-order valence-electron chi connectivity index (χ3n) is 0.983. The largest absolute Gasteiger partial charge is 0.466 e. The van der Waals surface area contributed by atoms with Crippen LogP contribution in [0.3, 0.4) is 0 Å². The van der Waals surface area contributed by atoms with E-state index in [9.17, 15) is 9.59 Å². The molecular formula is C8H10O4. The van der Waals surface area contributed by atoms with Crippen LogP contribution in [0.1, 0.15) is 0 Å². The van der Waals surface area contributed by atoms with E-state index in [1.54, 1.807) is 0 Å². The normalized spacial score (nSPS) is 10.8.